The lowest BCUT2D eigenvalue weighted by Crippen LogP contribution is -2.14. The summed E-state index contributed by atoms with van der Waals surface area (Å²) in [7, 11) is 0. The van der Waals surface area contributed by atoms with Gasteiger partial charge < -0.3 is 10.5 Å². The lowest BCUT2D eigenvalue weighted by Gasteiger charge is -2.10. The highest BCUT2D eigenvalue weighted by Gasteiger charge is 2.23. The molecule has 5 nitrogen and oxygen atoms in total. The zero-order valence-electron chi connectivity index (χ0n) is 9.61. The summed E-state index contributed by atoms with van der Waals surface area (Å²) in [4.78, 5) is 15.0. The maximum atomic E-state index is 12.8. The SMILES string of the molecule is CCOC(=O)c1cc(CN)c(C#N)nc1C(F)F. The monoisotopic (exact) mass is 255 g/mol. The van der Waals surface area contributed by atoms with E-state index in [1.54, 1.807) is 13.0 Å². The first-order valence-electron chi connectivity index (χ1n) is 5.14. The lowest BCUT2D eigenvalue weighted by atomic mass is 10.1. The summed E-state index contributed by atoms with van der Waals surface area (Å²) in [5.41, 5.74) is 4.27. The van der Waals surface area contributed by atoms with Crippen LogP contribution in [0.25, 0.3) is 0 Å². The number of carbonyl (C=O) groups is 1. The number of hydrogen-bond acceptors (Lipinski definition) is 5. The molecule has 96 valence electrons. The van der Waals surface area contributed by atoms with Crippen molar-refractivity contribution in [2.75, 3.05) is 6.61 Å². The van der Waals surface area contributed by atoms with Gasteiger partial charge in [0.15, 0.2) is 0 Å². The zero-order valence-corrected chi connectivity index (χ0v) is 9.61. The molecule has 0 fully saturated rings. The Morgan fingerprint density at radius 2 is 2.33 bits per heavy atom. The van der Waals surface area contributed by atoms with Gasteiger partial charge in [-0.25, -0.2) is 18.6 Å². The molecule has 0 spiro atoms. The summed E-state index contributed by atoms with van der Waals surface area (Å²) < 4.78 is 30.2. The molecule has 0 saturated carbocycles. The molecule has 1 heterocycles. The number of nitrogens with two attached hydrogens (primary N) is 1. The maximum Gasteiger partial charge on any atom is 0.340 e. The topological polar surface area (TPSA) is 89.0 Å². The number of carbonyl (C=O) groups excluding carboxylic acids is 1. The number of pyridine rings is 1. The van der Waals surface area contributed by atoms with Gasteiger partial charge in [0.25, 0.3) is 6.43 Å². The van der Waals surface area contributed by atoms with Crippen LogP contribution in [0.15, 0.2) is 6.07 Å². The number of esters is 1. The van der Waals surface area contributed by atoms with Crippen LogP contribution in [0.3, 0.4) is 0 Å². The number of halogens is 2. The van der Waals surface area contributed by atoms with Crippen molar-refractivity contribution in [1.29, 1.82) is 5.26 Å². The average Bonchev–Trinajstić information content (AvgIpc) is 2.37. The van der Waals surface area contributed by atoms with Crippen LogP contribution in [0.1, 0.15) is 40.7 Å². The van der Waals surface area contributed by atoms with Crippen molar-refractivity contribution in [2.45, 2.75) is 19.9 Å². The Balaban J connectivity index is 3.39. The van der Waals surface area contributed by atoms with Gasteiger partial charge in [-0.15, -0.1) is 0 Å². The molecule has 0 amide bonds. The predicted octanol–water partition coefficient (Wildman–Crippen LogP) is 1.53. The molecule has 0 aliphatic rings. The van der Waals surface area contributed by atoms with Crippen LogP contribution in [0.4, 0.5) is 8.78 Å². The number of hydrogen-bond donors (Lipinski definition) is 1. The number of nitriles is 1. The van der Waals surface area contributed by atoms with Crippen molar-refractivity contribution >= 4 is 5.97 Å². The van der Waals surface area contributed by atoms with Gasteiger partial charge in [0.05, 0.1) is 12.2 Å². The Labute approximate surface area is 102 Å². The molecular weight excluding hydrogens is 244 g/mol. The predicted molar refractivity (Wildman–Crippen MR) is 57.8 cm³/mol. The molecule has 1 aromatic heterocycles. The van der Waals surface area contributed by atoms with Crippen molar-refractivity contribution in [3.63, 3.8) is 0 Å². The van der Waals surface area contributed by atoms with Crippen LogP contribution in [0.2, 0.25) is 0 Å². The van der Waals surface area contributed by atoms with Gasteiger partial charge in [-0.3, -0.25) is 0 Å². The van der Waals surface area contributed by atoms with Gasteiger partial charge in [-0.1, -0.05) is 0 Å². The number of aromatic nitrogens is 1. The summed E-state index contributed by atoms with van der Waals surface area (Å²) in [6.45, 7) is 1.53. The second-order valence-electron chi connectivity index (χ2n) is 3.27. The van der Waals surface area contributed by atoms with E-state index in [1.165, 1.54) is 0 Å². The van der Waals surface area contributed by atoms with Gasteiger partial charge >= 0.3 is 5.97 Å². The Hall–Kier alpha value is -2.07. The molecule has 0 aliphatic carbocycles. The number of ether oxygens (including phenoxy) is 1. The van der Waals surface area contributed by atoms with E-state index in [4.69, 9.17) is 11.0 Å². The van der Waals surface area contributed by atoms with Crippen LogP contribution in [-0.2, 0) is 11.3 Å². The molecule has 2 N–H and O–H groups in total. The van der Waals surface area contributed by atoms with E-state index in [-0.39, 0.29) is 30.0 Å². The normalized spacial score (nSPS) is 10.2. The highest BCUT2D eigenvalue weighted by Crippen LogP contribution is 2.24. The highest BCUT2D eigenvalue weighted by molar-refractivity contribution is 5.91. The van der Waals surface area contributed by atoms with Crippen LogP contribution >= 0.6 is 0 Å². The first kappa shape index (κ1) is 14.0. The Morgan fingerprint density at radius 1 is 1.67 bits per heavy atom. The zero-order chi connectivity index (χ0) is 13.7. The summed E-state index contributed by atoms with van der Waals surface area (Å²) in [6.07, 6.45) is -2.97. The van der Waals surface area contributed by atoms with Crippen molar-refractivity contribution in [1.82, 2.24) is 4.98 Å². The molecule has 0 unspecified atom stereocenters. The molecule has 7 heteroatoms. The van der Waals surface area contributed by atoms with E-state index in [2.05, 4.69) is 9.72 Å². The quantitative estimate of drug-likeness (QED) is 0.824. The standard InChI is InChI=1S/C11H11F2N3O2/c1-2-18-11(17)7-3-6(4-14)8(5-15)16-9(7)10(12)13/h3,10H,2,4,14H2,1H3. The van der Waals surface area contributed by atoms with Crippen LogP contribution in [0, 0.1) is 11.3 Å². The first-order valence-corrected chi connectivity index (χ1v) is 5.14. The van der Waals surface area contributed by atoms with Gasteiger partial charge in [0.1, 0.15) is 17.5 Å². The van der Waals surface area contributed by atoms with E-state index >= 15 is 0 Å². The van der Waals surface area contributed by atoms with E-state index in [0.29, 0.717) is 0 Å². The average molecular weight is 255 g/mol. The second kappa shape index (κ2) is 6.02. The fraction of sp³-hybridized carbons (Fsp3) is 0.364. The molecule has 0 aliphatic heterocycles. The van der Waals surface area contributed by atoms with Crippen LogP contribution in [0.5, 0.6) is 0 Å². The van der Waals surface area contributed by atoms with Gasteiger partial charge in [0.2, 0.25) is 0 Å². The minimum Gasteiger partial charge on any atom is -0.462 e. The van der Waals surface area contributed by atoms with E-state index < -0.39 is 18.1 Å². The molecule has 0 saturated heterocycles. The number of rotatable bonds is 4. The molecule has 0 radical (unpaired) electrons. The van der Waals surface area contributed by atoms with Crippen molar-refractivity contribution in [3.05, 3.63) is 28.6 Å². The fourth-order valence-electron chi connectivity index (χ4n) is 1.36. The van der Waals surface area contributed by atoms with Crippen LogP contribution < -0.4 is 5.73 Å². The minimum atomic E-state index is -2.97. The Bertz CT molecular complexity index is 498. The molecule has 0 aromatic carbocycles. The van der Waals surface area contributed by atoms with Crippen molar-refractivity contribution in [3.8, 4) is 6.07 Å². The van der Waals surface area contributed by atoms with Gasteiger partial charge in [0, 0.05) is 12.1 Å². The Morgan fingerprint density at radius 3 is 2.78 bits per heavy atom. The molecular formula is C11H11F2N3O2. The third-order valence-electron chi connectivity index (χ3n) is 2.16. The largest absolute Gasteiger partial charge is 0.462 e. The van der Waals surface area contributed by atoms with Gasteiger partial charge in [-0.2, -0.15) is 5.26 Å². The molecule has 1 aromatic rings. The number of nitrogens with zero attached hydrogens (tertiary/aromatic N) is 2. The minimum absolute atomic E-state index is 0.0550. The molecule has 0 atom stereocenters. The summed E-state index contributed by atoms with van der Waals surface area (Å²) >= 11 is 0. The van der Waals surface area contributed by atoms with Gasteiger partial charge in [-0.05, 0) is 13.0 Å². The first-order chi connectivity index (χ1) is 8.54. The van der Waals surface area contributed by atoms with Crippen LogP contribution in [-0.4, -0.2) is 17.6 Å². The highest BCUT2D eigenvalue weighted by atomic mass is 19.3. The second-order valence-corrected chi connectivity index (χ2v) is 3.27. The lowest BCUT2D eigenvalue weighted by molar-refractivity contribution is 0.0513. The summed E-state index contributed by atoms with van der Waals surface area (Å²) in [5.74, 6) is -0.903. The molecule has 18 heavy (non-hydrogen) atoms. The van der Waals surface area contributed by atoms with Crippen molar-refractivity contribution in [2.24, 2.45) is 5.73 Å². The van der Waals surface area contributed by atoms with E-state index in [1.807, 2.05) is 0 Å². The fourth-order valence-corrected chi connectivity index (χ4v) is 1.36. The molecule has 0 bridgehead atoms. The molecule has 1 rings (SSSR count). The number of alkyl halides is 2. The maximum absolute atomic E-state index is 12.8. The third kappa shape index (κ3) is 2.78. The summed E-state index contributed by atoms with van der Waals surface area (Å²) in [5, 5.41) is 8.76. The van der Waals surface area contributed by atoms with E-state index in [0.717, 1.165) is 6.07 Å². The van der Waals surface area contributed by atoms with Crippen molar-refractivity contribution < 1.29 is 18.3 Å². The smallest absolute Gasteiger partial charge is 0.340 e. The third-order valence-corrected chi connectivity index (χ3v) is 2.16. The van der Waals surface area contributed by atoms with E-state index in [9.17, 15) is 13.6 Å². The summed E-state index contributed by atoms with van der Waals surface area (Å²) in [6, 6.07) is 2.79. The Kier molecular flexibility index (Phi) is 4.68.